The molecule has 0 atom stereocenters. The zero-order valence-corrected chi connectivity index (χ0v) is 10.8. The van der Waals surface area contributed by atoms with Gasteiger partial charge in [-0.25, -0.2) is 4.98 Å². The molecule has 1 heterocycles. The maximum atomic E-state index is 4.37. The lowest BCUT2D eigenvalue weighted by Crippen LogP contribution is -2.14. The SMILES string of the molecule is CCC(CC)CNc1ccc(N(C)C)nc1. The molecular weight excluding hydrogens is 198 g/mol. The minimum absolute atomic E-state index is 0.758. The first-order valence-corrected chi connectivity index (χ1v) is 6.04. The summed E-state index contributed by atoms with van der Waals surface area (Å²) in [5, 5.41) is 3.43. The molecule has 1 N–H and O–H groups in total. The number of hydrogen-bond acceptors (Lipinski definition) is 3. The van der Waals surface area contributed by atoms with Gasteiger partial charge in [-0.1, -0.05) is 26.7 Å². The first-order valence-electron chi connectivity index (χ1n) is 6.04. The first-order chi connectivity index (χ1) is 7.67. The van der Waals surface area contributed by atoms with E-state index >= 15 is 0 Å². The maximum Gasteiger partial charge on any atom is 0.128 e. The van der Waals surface area contributed by atoms with Crippen LogP contribution in [0.15, 0.2) is 18.3 Å². The number of anilines is 2. The molecule has 3 nitrogen and oxygen atoms in total. The second-order valence-electron chi connectivity index (χ2n) is 4.36. The second-order valence-corrected chi connectivity index (χ2v) is 4.36. The van der Waals surface area contributed by atoms with Gasteiger partial charge in [-0.15, -0.1) is 0 Å². The molecule has 1 aromatic rings. The largest absolute Gasteiger partial charge is 0.384 e. The fourth-order valence-corrected chi connectivity index (χ4v) is 1.59. The van der Waals surface area contributed by atoms with Crippen LogP contribution in [0, 0.1) is 5.92 Å². The minimum Gasteiger partial charge on any atom is -0.384 e. The van der Waals surface area contributed by atoms with Crippen LogP contribution in [0.5, 0.6) is 0 Å². The molecule has 0 spiro atoms. The van der Waals surface area contributed by atoms with Crippen molar-refractivity contribution in [2.75, 3.05) is 30.9 Å². The summed E-state index contributed by atoms with van der Waals surface area (Å²) in [5.74, 6) is 1.75. The van der Waals surface area contributed by atoms with Crippen molar-refractivity contribution in [1.82, 2.24) is 4.98 Å². The van der Waals surface area contributed by atoms with Gasteiger partial charge in [-0.05, 0) is 18.1 Å². The van der Waals surface area contributed by atoms with Crippen molar-refractivity contribution < 1.29 is 0 Å². The van der Waals surface area contributed by atoms with Crippen LogP contribution in [0.25, 0.3) is 0 Å². The predicted molar refractivity (Wildman–Crippen MR) is 71.1 cm³/mol. The van der Waals surface area contributed by atoms with Gasteiger partial charge in [-0.3, -0.25) is 0 Å². The predicted octanol–water partition coefficient (Wildman–Crippen LogP) is 3.00. The highest BCUT2D eigenvalue weighted by Crippen LogP contribution is 2.13. The fraction of sp³-hybridized carbons (Fsp3) is 0.615. The summed E-state index contributed by atoms with van der Waals surface area (Å²) in [4.78, 5) is 6.38. The fourth-order valence-electron chi connectivity index (χ4n) is 1.59. The van der Waals surface area contributed by atoms with Gasteiger partial charge in [0.1, 0.15) is 5.82 Å². The summed E-state index contributed by atoms with van der Waals surface area (Å²) >= 11 is 0. The van der Waals surface area contributed by atoms with E-state index in [0.29, 0.717) is 0 Å². The van der Waals surface area contributed by atoms with Crippen molar-refractivity contribution in [2.24, 2.45) is 5.92 Å². The number of pyridine rings is 1. The number of rotatable bonds is 6. The standard InChI is InChI=1S/C13H23N3/c1-5-11(6-2)9-14-12-7-8-13(15-10-12)16(3)4/h7-8,10-11,14H,5-6,9H2,1-4H3. The Labute approximate surface area is 98.9 Å². The lowest BCUT2D eigenvalue weighted by atomic mass is 10.0. The Morgan fingerprint density at radius 2 is 1.94 bits per heavy atom. The van der Waals surface area contributed by atoms with Gasteiger partial charge in [0.15, 0.2) is 0 Å². The highest BCUT2D eigenvalue weighted by Gasteiger charge is 2.03. The maximum absolute atomic E-state index is 4.37. The number of aromatic nitrogens is 1. The third-order valence-electron chi connectivity index (χ3n) is 2.96. The zero-order chi connectivity index (χ0) is 12.0. The van der Waals surface area contributed by atoms with Gasteiger partial charge in [0.2, 0.25) is 0 Å². The van der Waals surface area contributed by atoms with Crippen LogP contribution in [-0.2, 0) is 0 Å². The molecule has 3 heteroatoms. The Hall–Kier alpha value is -1.25. The smallest absolute Gasteiger partial charge is 0.128 e. The second kappa shape index (κ2) is 6.36. The van der Waals surface area contributed by atoms with Crippen molar-refractivity contribution in [1.29, 1.82) is 0 Å². The lowest BCUT2D eigenvalue weighted by molar-refractivity contribution is 0.519. The number of nitrogens with zero attached hydrogens (tertiary/aromatic N) is 2. The third kappa shape index (κ3) is 3.72. The first kappa shape index (κ1) is 12.8. The Morgan fingerprint density at radius 3 is 2.38 bits per heavy atom. The Kier molecular flexibility index (Phi) is 5.09. The zero-order valence-electron chi connectivity index (χ0n) is 10.8. The number of hydrogen-bond donors (Lipinski definition) is 1. The van der Waals surface area contributed by atoms with Crippen molar-refractivity contribution in [3.63, 3.8) is 0 Å². The summed E-state index contributed by atoms with van der Waals surface area (Å²) in [6.45, 7) is 5.52. The van der Waals surface area contributed by atoms with Gasteiger partial charge < -0.3 is 10.2 Å². The molecule has 0 bridgehead atoms. The molecule has 0 aliphatic carbocycles. The Morgan fingerprint density at radius 1 is 1.25 bits per heavy atom. The van der Waals surface area contributed by atoms with E-state index in [-0.39, 0.29) is 0 Å². The average molecular weight is 221 g/mol. The molecule has 0 radical (unpaired) electrons. The topological polar surface area (TPSA) is 28.2 Å². The van der Waals surface area contributed by atoms with E-state index in [1.165, 1.54) is 12.8 Å². The molecule has 0 aromatic carbocycles. The summed E-state index contributed by atoms with van der Waals surface area (Å²) < 4.78 is 0. The summed E-state index contributed by atoms with van der Waals surface area (Å²) in [5.41, 5.74) is 1.11. The van der Waals surface area contributed by atoms with Crippen LogP contribution in [-0.4, -0.2) is 25.6 Å². The van der Waals surface area contributed by atoms with E-state index in [1.54, 1.807) is 0 Å². The number of nitrogens with one attached hydrogen (secondary N) is 1. The summed E-state index contributed by atoms with van der Waals surface area (Å²) in [7, 11) is 4.00. The highest BCUT2D eigenvalue weighted by atomic mass is 15.1. The molecule has 0 amide bonds. The molecule has 0 saturated carbocycles. The molecular formula is C13H23N3. The van der Waals surface area contributed by atoms with E-state index in [4.69, 9.17) is 0 Å². The van der Waals surface area contributed by atoms with Crippen LogP contribution in [0.2, 0.25) is 0 Å². The average Bonchev–Trinajstić information content (AvgIpc) is 2.31. The van der Waals surface area contributed by atoms with Crippen LogP contribution < -0.4 is 10.2 Å². The van der Waals surface area contributed by atoms with Crippen molar-refractivity contribution in [3.05, 3.63) is 18.3 Å². The Balaban J connectivity index is 2.49. The summed E-state index contributed by atoms with van der Waals surface area (Å²) in [6.07, 6.45) is 4.36. The van der Waals surface area contributed by atoms with E-state index in [1.807, 2.05) is 31.3 Å². The van der Waals surface area contributed by atoms with Gasteiger partial charge in [0.25, 0.3) is 0 Å². The molecule has 0 unspecified atom stereocenters. The van der Waals surface area contributed by atoms with Gasteiger partial charge in [0.05, 0.1) is 11.9 Å². The van der Waals surface area contributed by atoms with E-state index in [0.717, 1.165) is 24.0 Å². The van der Waals surface area contributed by atoms with Crippen molar-refractivity contribution >= 4 is 11.5 Å². The molecule has 1 rings (SSSR count). The van der Waals surface area contributed by atoms with Crippen LogP contribution >= 0.6 is 0 Å². The van der Waals surface area contributed by atoms with Gasteiger partial charge in [-0.2, -0.15) is 0 Å². The van der Waals surface area contributed by atoms with E-state index in [9.17, 15) is 0 Å². The molecule has 0 aliphatic heterocycles. The monoisotopic (exact) mass is 221 g/mol. The molecule has 0 saturated heterocycles. The van der Waals surface area contributed by atoms with Crippen molar-refractivity contribution in [2.45, 2.75) is 26.7 Å². The minimum atomic E-state index is 0.758. The van der Waals surface area contributed by atoms with Crippen LogP contribution in [0.3, 0.4) is 0 Å². The van der Waals surface area contributed by atoms with Crippen molar-refractivity contribution in [3.8, 4) is 0 Å². The summed E-state index contributed by atoms with van der Waals surface area (Å²) in [6, 6.07) is 4.12. The molecule has 0 aliphatic rings. The highest BCUT2D eigenvalue weighted by molar-refractivity contribution is 5.47. The third-order valence-corrected chi connectivity index (χ3v) is 2.96. The van der Waals surface area contributed by atoms with Crippen LogP contribution in [0.1, 0.15) is 26.7 Å². The normalized spacial score (nSPS) is 10.6. The molecule has 90 valence electrons. The van der Waals surface area contributed by atoms with E-state index < -0.39 is 0 Å². The molecule has 1 aromatic heterocycles. The molecule has 0 fully saturated rings. The Bertz CT molecular complexity index is 289. The molecule has 16 heavy (non-hydrogen) atoms. The van der Waals surface area contributed by atoms with Crippen LogP contribution in [0.4, 0.5) is 11.5 Å². The van der Waals surface area contributed by atoms with E-state index in [2.05, 4.69) is 30.2 Å². The quantitative estimate of drug-likeness (QED) is 0.800. The van der Waals surface area contributed by atoms with Gasteiger partial charge >= 0.3 is 0 Å². The lowest BCUT2D eigenvalue weighted by Gasteiger charge is -2.15. The van der Waals surface area contributed by atoms with Gasteiger partial charge in [0, 0.05) is 20.6 Å².